The molecule has 206 valence electrons. The van der Waals surface area contributed by atoms with Gasteiger partial charge in [-0.1, -0.05) is 17.3 Å². The number of aromatic nitrogens is 1. The van der Waals surface area contributed by atoms with Crippen LogP contribution in [-0.2, 0) is 20.8 Å². The van der Waals surface area contributed by atoms with E-state index in [9.17, 15) is 28.7 Å². The van der Waals surface area contributed by atoms with E-state index in [1.807, 2.05) is 0 Å². The summed E-state index contributed by atoms with van der Waals surface area (Å²) in [6.07, 6.45) is 1.75. The maximum absolute atomic E-state index is 13.4. The van der Waals surface area contributed by atoms with Gasteiger partial charge in [0.2, 0.25) is 17.7 Å². The summed E-state index contributed by atoms with van der Waals surface area (Å²) in [4.78, 5) is 53.4. The van der Waals surface area contributed by atoms with Crippen LogP contribution in [0.1, 0.15) is 53.9 Å². The number of carbonyl (C=O) groups excluding carboxylic acids is 4. The van der Waals surface area contributed by atoms with E-state index < -0.39 is 48.3 Å². The first kappa shape index (κ1) is 28.8. The molecular formula is C26H34FN5O6. The summed E-state index contributed by atoms with van der Waals surface area (Å²) in [5, 5.41) is 21.6. The monoisotopic (exact) mass is 531 g/mol. The lowest BCUT2D eigenvalue weighted by atomic mass is 10.0. The molecule has 0 saturated carbocycles. The third kappa shape index (κ3) is 8.37. The summed E-state index contributed by atoms with van der Waals surface area (Å²) < 4.78 is 18.4. The highest BCUT2D eigenvalue weighted by Gasteiger charge is 2.29. The first-order chi connectivity index (χ1) is 18.2. The molecule has 1 aromatic carbocycles. The van der Waals surface area contributed by atoms with Gasteiger partial charge in [-0.25, -0.2) is 4.39 Å². The lowest BCUT2D eigenvalue weighted by molar-refractivity contribution is -0.131. The number of nitrogens with zero attached hydrogens (tertiary/aromatic N) is 2. The lowest BCUT2D eigenvalue weighted by Crippen LogP contribution is -2.56. The maximum Gasteiger partial charge on any atom is 0.274 e. The molecule has 11 nitrogen and oxygen atoms in total. The number of hydrogen-bond acceptors (Lipinski definition) is 7. The standard InChI is InChI=1S/C26H34FN5O6/c1-16-13-22(31-38-16)26(37)29-20-5-3-4-12-32(2)23(34)11-10-19(15-33)28-25(36)21(30-24(20)35)14-17-6-8-18(27)9-7-17/h6-9,13,19-21,33H,3-5,10-12,14-15H2,1-2H3,(H,28,36)(H,29,37)(H,30,35)/t19-,20-,21-/m0/s1. The Hall–Kier alpha value is -3.80. The van der Waals surface area contributed by atoms with Crippen LogP contribution >= 0.6 is 0 Å². The molecule has 1 aromatic heterocycles. The van der Waals surface area contributed by atoms with E-state index in [1.165, 1.54) is 30.3 Å². The van der Waals surface area contributed by atoms with Crippen molar-refractivity contribution in [1.29, 1.82) is 0 Å². The van der Waals surface area contributed by atoms with Crippen molar-refractivity contribution in [1.82, 2.24) is 26.0 Å². The van der Waals surface area contributed by atoms with Crippen LogP contribution < -0.4 is 16.0 Å². The van der Waals surface area contributed by atoms with Crippen LogP contribution in [0, 0.1) is 12.7 Å². The predicted molar refractivity (Wildman–Crippen MR) is 134 cm³/mol. The molecule has 4 N–H and O–H groups in total. The van der Waals surface area contributed by atoms with E-state index >= 15 is 0 Å². The number of nitrogens with one attached hydrogen (secondary N) is 3. The van der Waals surface area contributed by atoms with E-state index in [2.05, 4.69) is 21.1 Å². The Kier molecular flexibility index (Phi) is 10.3. The zero-order valence-electron chi connectivity index (χ0n) is 21.5. The highest BCUT2D eigenvalue weighted by atomic mass is 19.1. The van der Waals surface area contributed by atoms with Gasteiger partial charge in [0.05, 0.1) is 12.6 Å². The molecule has 0 spiro atoms. The molecule has 0 bridgehead atoms. The molecule has 1 fully saturated rings. The normalized spacial score (nSPS) is 22.2. The number of carbonyl (C=O) groups is 4. The number of benzene rings is 1. The van der Waals surface area contributed by atoms with E-state index in [4.69, 9.17) is 4.52 Å². The smallest absolute Gasteiger partial charge is 0.274 e. The second-order valence-electron chi connectivity index (χ2n) is 9.48. The van der Waals surface area contributed by atoms with Gasteiger partial charge in [-0.3, -0.25) is 19.2 Å². The molecular weight excluding hydrogens is 497 g/mol. The Morgan fingerprint density at radius 3 is 2.55 bits per heavy atom. The Balaban J connectivity index is 1.85. The summed E-state index contributed by atoms with van der Waals surface area (Å²) >= 11 is 0. The molecule has 2 heterocycles. The summed E-state index contributed by atoms with van der Waals surface area (Å²) in [6.45, 7) is 1.69. The van der Waals surface area contributed by atoms with Crippen LogP contribution in [0.4, 0.5) is 4.39 Å². The van der Waals surface area contributed by atoms with Gasteiger partial charge in [-0.05, 0) is 50.3 Å². The Bertz CT molecular complexity index is 1120. The van der Waals surface area contributed by atoms with E-state index in [1.54, 1.807) is 18.9 Å². The molecule has 1 saturated heterocycles. The molecule has 4 amide bonds. The Labute approximate surface area is 220 Å². The van der Waals surface area contributed by atoms with Gasteiger partial charge in [0.1, 0.15) is 23.7 Å². The van der Waals surface area contributed by atoms with Crippen molar-refractivity contribution in [3.63, 3.8) is 0 Å². The minimum absolute atomic E-state index is 0.0166. The average molecular weight is 532 g/mol. The zero-order chi connectivity index (χ0) is 27.7. The van der Waals surface area contributed by atoms with Gasteiger partial charge in [0, 0.05) is 32.5 Å². The molecule has 3 atom stereocenters. The van der Waals surface area contributed by atoms with Crippen LogP contribution in [-0.4, -0.2) is 77.1 Å². The fourth-order valence-electron chi connectivity index (χ4n) is 4.13. The molecule has 38 heavy (non-hydrogen) atoms. The number of amides is 4. The third-order valence-corrected chi connectivity index (χ3v) is 6.40. The maximum atomic E-state index is 13.4. The van der Waals surface area contributed by atoms with Crippen molar-refractivity contribution >= 4 is 23.6 Å². The fraction of sp³-hybridized carbons (Fsp3) is 0.500. The summed E-state index contributed by atoms with van der Waals surface area (Å²) in [5.74, 6) is -1.90. The highest BCUT2D eigenvalue weighted by Crippen LogP contribution is 2.11. The van der Waals surface area contributed by atoms with E-state index in [-0.39, 0.29) is 37.3 Å². The third-order valence-electron chi connectivity index (χ3n) is 6.40. The summed E-state index contributed by atoms with van der Waals surface area (Å²) in [6, 6.07) is 4.18. The van der Waals surface area contributed by atoms with E-state index in [0.717, 1.165) is 0 Å². The van der Waals surface area contributed by atoms with Crippen molar-refractivity contribution < 1.29 is 33.2 Å². The lowest BCUT2D eigenvalue weighted by Gasteiger charge is -2.25. The average Bonchev–Trinajstić information content (AvgIpc) is 3.34. The molecule has 1 aliphatic rings. The summed E-state index contributed by atoms with van der Waals surface area (Å²) in [7, 11) is 1.67. The molecule has 1 aliphatic heterocycles. The van der Waals surface area contributed by atoms with Crippen LogP contribution in [0.15, 0.2) is 34.9 Å². The minimum atomic E-state index is -1.08. The molecule has 0 aliphatic carbocycles. The van der Waals surface area contributed by atoms with Crippen LogP contribution in [0.25, 0.3) is 0 Å². The molecule has 0 radical (unpaired) electrons. The second-order valence-corrected chi connectivity index (χ2v) is 9.48. The van der Waals surface area contributed by atoms with Crippen molar-refractivity contribution in [3.8, 4) is 0 Å². The molecule has 3 rings (SSSR count). The van der Waals surface area contributed by atoms with Crippen molar-refractivity contribution in [2.45, 2.75) is 63.6 Å². The first-order valence-electron chi connectivity index (χ1n) is 12.6. The minimum Gasteiger partial charge on any atom is -0.394 e. The van der Waals surface area contributed by atoms with Crippen LogP contribution in [0.5, 0.6) is 0 Å². The van der Waals surface area contributed by atoms with Gasteiger partial charge in [-0.2, -0.15) is 0 Å². The number of hydrogen-bond donors (Lipinski definition) is 4. The molecule has 2 aromatic rings. The number of rotatable bonds is 5. The van der Waals surface area contributed by atoms with E-state index in [0.29, 0.717) is 30.7 Å². The van der Waals surface area contributed by atoms with Gasteiger partial charge in [0.25, 0.3) is 5.91 Å². The number of aliphatic hydroxyl groups excluding tert-OH is 1. The predicted octanol–water partition coefficient (Wildman–Crippen LogP) is 0.848. The number of aliphatic hydroxyl groups is 1. The molecule has 0 unspecified atom stereocenters. The molecule has 12 heteroatoms. The fourth-order valence-corrected chi connectivity index (χ4v) is 4.13. The van der Waals surface area contributed by atoms with Crippen molar-refractivity contribution in [2.75, 3.05) is 20.2 Å². The Morgan fingerprint density at radius 2 is 1.89 bits per heavy atom. The van der Waals surface area contributed by atoms with Crippen LogP contribution in [0.2, 0.25) is 0 Å². The highest BCUT2D eigenvalue weighted by molar-refractivity contribution is 5.97. The number of aryl methyl sites for hydroxylation is 1. The summed E-state index contributed by atoms with van der Waals surface area (Å²) in [5.41, 5.74) is 0.615. The SMILES string of the molecule is Cc1cc(C(=O)N[C@H]2CCCCN(C)C(=O)CC[C@@H](CO)NC(=O)[C@H](Cc3ccc(F)cc3)NC2=O)no1. The first-order valence-corrected chi connectivity index (χ1v) is 12.6. The Morgan fingerprint density at radius 1 is 1.16 bits per heavy atom. The second kappa shape index (κ2) is 13.7. The number of halogens is 1. The van der Waals surface area contributed by atoms with Gasteiger partial charge < -0.3 is 30.5 Å². The van der Waals surface area contributed by atoms with Crippen LogP contribution in [0.3, 0.4) is 0 Å². The van der Waals surface area contributed by atoms with Crippen molar-refractivity contribution in [2.24, 2.45) is 0 Å². The topological polar surface area (TPSA) is 154 Å². The largest absolute Gasteiger partial charge is 0.394 e. The van der Waals surface area contributed by atoms with Crippen molar-refractivity contribution in [3.05, 3.63) is 53.2 Å². The van der Waals surface area contributed by atoms with Gasteiger partial charge >= 0.3 is 0 Å². The zero-order valence-corrected chi connectivity index (χ0v) is 21.5. The quantitative estimate of drug-likeness (QED) is 0.446. The van der Waals surface area contributed by atoms with Gasteiger partial charge in [-0.15, -0.1) is 0 Å². The van der Waals surface area contributed by atoms with Gasteiger partial charge in [0.15, 0.2) is 5.69 Å².